The maximum absolute atomic E-state index is 11.5. The first-order valence-electron chi connectivity index (χ1n) is 4.29. The minimum Gasteiger partial charge on any atom is -0.326 e. The lowest BCUT2D eigenvalue weighted by Gasteiger charge is -2.17. The van der Waals surface area contributed by atoms with Crippen molar-refractivity contribution in [1.29, 1.82) is 0 Å². The molecule has 0 saturated heterocycles. The van der Waals surface area contributed by atoms with Crippen LogP contribution in [0.15, 0.2) is 21.5 Å². The van der Waals surface area contributed by atoms with Gasteiger partial charge in [0.2, 0.25) is 5.91 Å². The van der Waals surface area contributed by atoms with Crippen molar-refractivity contribution in [2.75, 3.05) is 5.32 Å². The Hall–Kier alpha value is -0.560. The van der Waals surface area contributed by atoms with Crippen LogP contribution in [0.5, 0.6) is 0 Å². The lowest BCUT2D eigenvalue weighted by atomic mass is 10.1. The molecule has 0 unspecified atom stereocenters. The smallest absolute Gasteiger partial charge is 0.271 e. The Morgan fingerprint density at radius 2 is 2.00 bits per heavy atom. The van der Waals surface area contributed by atoms with Gasteiger partial charge in [0, 0.05) is 10.7 Å². The molecule has 1 aromatic heterocycles. The van der Waals surface area contributed by atoms with Gasteiger partial charge in [-0.25, -0.2) is 0 Å². The predicted molar refractivity (Wildman–Crippen MR) is 76.2 cm³/mol. The molecule has 0 radical (unpaired) electrons. The molecule has 0 fully saturated rings. The zero-order chi connectivity index (χ0) is 11.6. The summed E-state index contributed by atoms with van der Waals surface area (Å²) in [6.45, 7) is 3.13. The molecule has 5 nitrogen and oxygen atoms in total. The van der Waals surface area contributed by atoms with Gasteiger partial charge in [0.25, 0.3) is 5.56 Å². The molecule has 0 spiro atoms. The van der Waals surface area contributed by atoms with Crippen LogP contribution in [-0.2, 0) is 4.79 Å². The van der Waals surface area contributed by atoms with Crippen LogP contribution in [0.2, 0.25) is 0 Å². The van der Waals surface area contributed by atoms with Gasteiger partial charge in [0.15, 0.2) is 0 Å². The van der Waals surface area contributed by atoms with Crippen LogP contribution >= 0.6 is 40.7 Å². The third kappa shape index (κ3) is 5.54. The molecule has 0 bridgehead atoms. The number of pyridine rings is 1. The summed E-state index contributed by atoms with van der Waals surface area (Å²) in [7, 11) is 0. The SMILES string of the molecule is CC(C)(N)C(=O)Nc1cc(Br)c[nH]c1=O.Cl.Cl. The van der Waals surface area contributed by atoms with Gasteiger partial charge in [0.1, 0.15) is 5.69 Å². The summed E-state index contributed by atoms with van der Waals surface area (Å²) in [5, 5.41) is 2.45. The maximum Gasteiger partial charge on any atom is 0.271 e. The van der Waals surface area contributed by atoms with E-state index in [4.69, 9.17) is 5.73 Å². The van der Waals surface area contributed by atoms with E-state index in [1.165, 1.54) is 12.3 Å². The molecule has 0 saturated carbocycles. The highest BCUT2D eigenvalue weighted by atomic mass is 79.9. The Morgan fingerprint density at radius 1 is 1.47 bits per heavy atom. The van der Waals surface area contributed by atoms with Crippen LogP contribution in [0, 0.1) is 0 Å². The van der Waals surface area contributed by atoms with E-state index in [1.54, 1.807) is 13.8 Å². The van der Waals surface area contributed by atoms with E-state index < -0.39 is 11.4 Å². The number of H-pyrrole nitrogens is 1. The molecule has 4 N–H and O–H groups in total. The van der Waals surface area contributed by atoms with Crippen molar-refractivity contribution in [1.82, 2.24) is 4.98 Å². The summed E-state index contributed by atoms with van der Waals surface area (Å²) in [6.07, 6.45) is 1.49. The summed E-state index contributed by atoms with van der Waals surface area (Å²) in [5.74, 6) is -0.411. The van der Waals surface area contributed by atoms with Crippen LogP contribution in [0.4, 0.5) is 5.69 Å². The number of nitrogens with one attached hydrogen (secondary N) is 2. The first-order valence-corrected chi connectivity index (χ1v) is 5.08. The quantitative estimate of drug-likeness (QED) is 0.760. The van der Waals surface area contributed by atoms with Gasteiger partial charge in [0.05, 0.1) is 5.54 Å². The number of halogens is 3. The molecule has 1 aromatic rings. The molecule has 1 amide bonds. The number of anilines is 1. The summed E-state index contributed by atoms with van der Waals surface area (Å²) in [6, 6.07) is 1.52. The van der Waals surface area contributed by atoms with Gasteiger partial charge in [-0.3, -0.25) is 9.59 Å². The van der Waals surface area contributed by atoms with E-state index in [0.29, 0.717) is 4.47 Å². The Labute approximate surface area is 119 Å². The number of amides is 1. The van der Waals surface area contributed by atoms with E-state index in [9.17, 15) is 9.59 Å². The van der Waals surface area contributed by atoms with Crippen LogP contribution in [0.1, 0.15) is 13.8 Å². The lowest BCUT2D eigenvalue weighted by Crippen LogP contribution is -2.46. The largest absolute Gasteiger partial charge is 0.326 e. The number of carbonyl (C=O) groups excluding carboxylic acids is 1. The third-order valence-electron chi connectivity index (χ3n) is 1.70. The monoisotopic (exact) mass is 345 g/mol. The van der Waals surface area contributed by atoms with Crippen molar-refractivity contribution in [2.45, 2.75) is 19.4 Å². The number of aromatic amines is 1. The molecule has 0 aliphatic rings. The highest BCUT2D eigenvalue weighted by Crippen LogP contribution is 2.11. The molecule has 1 heterocycles. The van der Waals surface area contributed by atoms with E-state index in [1.807, 2.05) is 0 Å². The summed E-state index contributed by atoms with van der Waals surface area (Å²) < 4.78 is 0.673. The Kier molecular flexibility index (Phi) is 7.74. The molecule has 17 heavy (non-hydrogen) atoms. The first-order chi connectivity index (χ1) is 6.80. The standard InChI is InChI=1S/C9H12BrN3O2.2ClH/c1-9(2,11)8(15)13-6-3-5(10)4-12-7(6)14;;/h3-4H,11H2,1-2H3,(H,12,14)(H,13,15);2*1H. The topological polar surface area (TPSA) is 88.0 Å². The second-order valence-corrected chi connectivity index (χ2v) is 4.65. The average Bonchev–Trinajstić information content (AvgIpc) is 2.09. The van der Waals surface area contributed by atoms with Gasteiger partial charge in [-0.1, -0.05) is 0 Å². The molecule has 0 atom stereocenters. The normalized spacial score (nSPS) is 9.88. The van der Waals surface area contributed by atoms with Gasteiger partial charge in [-0.15, -0.1) is 24.8 Å². The van der Waals surface area contributed by atoms with Crippen molar-refractivity contribution in [3.05, 3.63) is 27.1 Å². The molecule has 0 aliphatic heterocycles. The van der Waals surface area contributed by atoms with Crippen LogP contribution in [0.3, 0.4) is 0 Å². The summed E-state index contributed by atoms with van der Waals surface area (Å²) in [4.78, 5) is 25.3. The first kappa shape index (κ1) is 18.8. The van der Waals surface area contributed by atoms with E-state index >= 15 is 0 Å². The molecular weight excluding hydrogens is 333 g/mol. The summed E-state index contributed by atoms with van der Waals surface area (Å²) >= 11 is 3.18. The van der Waals surface area contributed by atoms with Crippen molar-refractivity contribution >= 4 is 52.3 Å². The third-order valence-corrected chi connectivity index (χ3v) is 2.16. The van der Waals surface area contributed by atoms with E-state index in [2.05, 4.69) is 26.2 Å². The van der Waals surface area contributed by atoms with Gasteiger partial charge in [-0.05, 0) is 35.8 Å². The van der Waals surface area contributed by atoms with Gasteiger partial charge < -0.3 is 16.0 Å². The second-order valence-electron chi connectivity index (χ2n) is 3.74. The molecular formula is C9H14BrCl2N3O2. The van der Waals surface area contributed by atoms with E-state index in [0.717, 1.165) is 0 Å². The fraction of sp³-hybridized carbons (Fsp3) is 0.333. The number of rotatable bonds is 2. The Balaban J connectivity index is 0. The number of nitrogens with two attached hydrogens (primary N) is 1. The Morgan fingerprint density at radius 3 is 2.47 bits per heavy atom. The minimum atomic E-state index is -1.02. The molecule has 98 valence electrons. The van der Waals surface area contributed by atoms with Crippen LogP contribution in [0.25, 0.3) is 0 Å². The molecule has 8 heteroatoms. The Bertz CT molecular complexity index is 443. The molecule has 0 aliphatic carbocycles. The van der Waals surface area contributed by atoms with Crippen molar-refractivity contribution in [3.8, 4) is 0 Å². The lowest BCUT2D eigenvalue weighted by molar-refractivity contribution is -0.120. The highest BCUT2D eigenvalue weighted by molar-refractivity contribution is 9.10. The fourth-order valence-corrected chi connectivity index (χ4v) is 1.18. The van der Waals surface area contributed by atoms with Crippen LogP contribution in [-0.4, -0.2) is 16.4 Å². The predicted octanol–water partition coefficient (Wildman–Crippen LogP) is 1.66. The second kappa shape index (κ2) is 7.00. The number of carbonyl (C=O) groups is 1. The highest BCUT2D eigenvalue weighted by Gasteiger charge is 2.22. The van der Waals surface area contributed by atoms with Crippen molar-refractivity contribution in [2.24, 2.45) is 5.73 Å². The number of hydrogen-bond acceptors (Lipinski definition) is 3. The van der Waals surface area contributed by atoms with Crippen molar-refractivity contribution < 1.29 is 4.79 Å². The number of aromatic nitrogens is 1. The van der Waals surface area contributed by atoms with Crippen molar-refractivity contribution in [3.63, 3.8) is 0 Å². The number of hydrogen-bond donors (Lipinski definition) is 3. The molecule has 1 rings (SSSR count). The average molecular weight is 347 g/mol. The van der Waals surface area contributed by atoms with E-state index in [-0.39, 0.29) is 36.1 Å². The molecule has 0 aromatic carbocycles. The van der Waals surface area contributed by atoms with Gasteiger partial charge in [-0.2, -0.15) is 0 Å². The maximum atomic E-state index is 11.5. The zero-order valence-corrected chi connectivity index (χ0v) is 12.5. The minimum absolute atomic E-state index is 0. The fourth-order valence-electron chi connectivity index (χ4n) is 0.834. The summed E-state index contributed by atoms with van der Waals surface area (Å²) in [5.41, 5.74) is 4.37. The van der Waals surface area contributed by atoms with Crippen LogP contribution < -0.4 is 16.6 Å². The zero-order valence-electron chi connectivity index (χ0n) is 9.24. The van der Waals surface area contributed by atoms with Gasteiger partial charge >= 0.3 is 0 Å².